The Hall–Kier alpha value is -1.10. The van der Waals surface area contributed by atoms with Gasteiger partial charge in [0.25, 0.3) is 0 Å². The van der Waals surface area contributed by atoms with Crippen LogP contribution in [0.2, 0.25) is 5.02 Å². The van der Waals surface area contributed by atoms with Gasteiger partial charge in [0.1, 0.15) is 0 Å². The van der Waals surface area contributed by atoms with Crippen LogP contribution < -0.4 is 5.32 Å². The van der Waals surface area contributed by atoms with Gasteiger partial charge in [0.2, 0.25) is 5.89 Å². The molecule has 0 aliphatic heterocycles. The second kappa shape index (κ2) is 7.25. The third kappa shape index (κ3) is 4.19. The Kier molecular flexibility index (Phi) is 6.20. The standard InChI is InChI=1S/C15H20ClN3O.ClH/c1-10(17-4)9-13-18-14(20-19-13)15(2,3)11-5-7-12(16)8-6-11;/h5-8,10,17H,9H2,1-4H3;1H. The molecule has 2 aromatic rings. The first kappa shape index (κ1) is 18.0. The number of nitrogens with one attached hydrogen (secondary N) is 1. The maximum Gasteiger partial charge on any atom is 0.236 e. The molecule has 0 aliphatic rings. The molecule has 1 unspecified atom stereocenters. The summed E-state index contributed by atoms with van der Waals surface area (Å²) in [5.41, 5.74) is 0.761. The highest BCUT2D eigenvalue weighted by Crippen LogP contribution is 2.30. The van der Waals surface area contributed by atoms with Crippen LogP contribution >= 0.6 is 24.0 Å². The molecule has 0 radical (unpaired) electrons. The van der Waals surface area contributed by atoms with E-state index in [4.69, 9.17) is 16.1 Å². The van der Waals surface area contributed by atoms with E-state index in [0.29, 0.717) is 11.9 Å². The van der Waals surface area contributed by atoms with Crippen molar-refractivity contribution in [1.29, 1.82) is 0 Å². The molecule has 1 heterocycles. The fourth-order valence-electron chi connectivity index (χ4n) is 1.96. The third-order valence-electron chi connectivity index (χ3n) is 3.55. The quantitative estimate of drug-likeness (QED) is 0.910. The zero-order chi connectivity index (χ0) is 14.8. The largest absolute Gasteiger partial charge is 0.338 e. The summed E-state index contributed by atoms with van der Waals surface area (Å²) in [6, 6.07) is 8.04. The zero-order valence-electron chi connectivity index (χ0n) is 12.7. The molecule has 0 amide bonds. The number of halogens is 2. The Morgan fingerprint density at radius 2 is 1.90 bits per heavy atom. The number of rotatable bonds is 5. The van der Waals surface area contributed by atoms with Gasteiger partial charge >= 0.3 is 0 Å². The molecule has 0 saturated heterocycles. The molecule has 21 heavy (non-hydrogen) atoms. The highest BCUT2D eigenvalue weighted by atomic mass is 35.5. The van der Waals surface area contributed by atoms with Crippen molar-refractivity contribution in [2.75, 3.05) is 7.05 Å². The average Bonchev–Trinajstić information content (AvgIpc) is 2.88. The van der Waals surface area contributed by atoms with Gasteiger partial charge in [-0.2, -0.15) is 4.98 Å². The maximum absolute atomic E-state index is 5.93. The molecule has 6 heteroatoms. The van der Waals surface area contributed by atoms with E-state index in [-0.39, 0.29) is 17.8 Å². The van der Waals surface area contributed by atoms with Gasteiger partial charge < -0.3 is 9.84 Å². The van der Waals surface area contributed by atoms with Gasteiger partial charge in [-0.05, 0) is 45.5 Å². The van der Waals surface area contributed by atoms with Crippen LogP contribution in [0.3, 0.4) is 0 Å². The van der Waals surface area contributed by atoms with E-state index < -0.39 is 0 Å². The first-order valence-corrected chi connectivity index (χ1v) is 7.07. The number of nitrogens with zero attached hydrogens (tertiary/aromatic N) is 2. The number of hydrogen-bond donors (Lipinski definition) is 1. The summed E-state index contributed by atoms with van der Waals surface area (Å²) in [6.07, 6.45) is 0.747. The normalized spacial score (nSPS) is 12.8. The van der Waals surface area contributed by atoms with Gasteiger partial charge in [-0.1, -0.05) is 28.9 Å². The SMILES string of the molecule is CNC(C)Cc1noc(C(C)(C)c2ccc(Cl)cc2)n1.Cl. The maximum atomic E-state index is 5.93. The second-order valence-corrected chi connectivity index (χ2v) is 5.98. The van der Waals surface area contributed by atoms with Gasteiger partial charge in [-0.3, -0.25) is 0 Å². The number of hydrogen-bond acceptors (Lipinski definition) is 4. The number of aromatic nitrogens is 2. The van der Waals surface area contributed by atoms with E-state index in [9.17, 15) is 0 Å². The lowest BCUT2D eigenvalue weighted by molar-refractivity contribution is 0.329. The summed E-state index contributed by atoms with van der Waals surface area (Å²) >= 11 is 5.93. The lowest BCUT2D eigenvalue weighted by Crippen LogP contribution is -2.24. The molecule has 0 saturated carbocycles. The van der Waals surface area contributed by atoms with Crippen LogP contribution in [0.1, 0.15) is 38.0 Å². The topological polar surface area (TPSA) is 51.0 Å². The van der Waals surface area contributed by atoms with Gasteiger partial charge in [0.05, 0.1) is 5.41 Å². The van der Waals surface area contributed by atoms with Crippen molar-refractivity contribution < 1.29 is 4.52 Å². The van der Waals surface area contributed by atoms with E-state index in [1.165, 1.54) is 0 Å². The molecule has 4 nitrogen and oxygen atoms in total. The smallest absolute Gasteiger partial charge is 0.236 e. The predicted octanol–water partition coefficient (Wildman–Crippen LogP) is 3.62. The molecular formula is C15H21Cl2N3O. The van der Waals surface area contributed by atoms with E-state index in [0.717, 1.165) is 22.8 Å². The molecule has 116 valence electrons. The zero-order valence-corrected chi connectivity index (χ0v) is 14.3. The summed E-state index contributed by atoms with van der Waals surface area (Å²) in [4.78, 5) is 4.52. The molecular weight excluding hydrogens is 309 g/mol. The molecule has 1 aromatic heterocycles. The Morgan fingerprint density at radius 3 is 2.48 bits per heavy atom. The molecule has 1 N–H and O–H groups in total. The van der Waals surface area contributed by atoms with E-state index in [2.05, 4.69) is 36.2 Å². The van der Waals surface area contributed by atoms with Crippen LogP contribution in [-0.4, -0.2) is 23.2 Å². The molecule has 0 bridgehead atoms. The third-order valence-corrected chi connectivity index (χ3v) is 3.80. The first-order chi connectivity index (χ1) is 9.43. The van der Waals surface area contributed by atoms with Crippen LogP contribution in [0.25, 0.3) is 0 Å². The van der Waals surface area contributed by atoms with Crippen molar-refractivity contribution in [3.63, 3.8) is 0 Å². The Morgan fingerprint density at radius 1 is 1.29 bits per heavy atom. The molecule has 0 aliphatic carbocycles. The summed E-state index contributed by atoms with van der Waals surface area (Å²) in [5, 5.41) is 7.95. The lowest BCUT2D eigenvalue weighted by Gasteiger charge is -2.20. The van der Waals surface area contributed by atoms with Crippen molar-refractivity contribution >= 4 is 24.0 Å². The van der Waals surface area contributed by atoms with Crippen molar-refractivity contribution in [3.05, 3.63) is 46.6 Å². The van der Waals surface area contributed by atoms with Crippen LogP contribution in [0.4, 0.5) is 0 Å². The molecule has 1 atom stereocenters. The van der Waals surface area contributed by atoms with E-state index in [1.807, 2.05) is 31.3 Å². The van der Waals surface area contributed by atoms with Crippen LogP contribution in [-0.2, 0) is 11.8 Å². The van der Waals surface area contributed by atoms with Crippen molar-refractivity contribution in [2.45, 2.75) is 38.6 Å². The Balaban J connectivity index is 0.00000220. The van der Waals surface area contributed by atoms with E-state index in [1.54, 1.807) is 0 Å². The fourth-order valence-corrected chi connectivity index (χ4v) is 2.08. The molecule has 0 spiro atoms. The van der Waals surface area contributed by atoms with Crippen LogP contribution in [0.15, 0.2) is 28.8 Å². The molecule has 2 rings (SSSR count). The van der Waals surface area contributed by atoms with E-state index >= 15 is 0 Å². The number of likely N-dealkylation sites (N-methyl/N-ethyl adjacent to an activating group) is 1. The lowest BCUT2D eigenvalue weighted by atomic mass is 9.84. The van der Waals surface area contributed by atoms with Crippen LogP contribution in [0.5, 0.6) is 0 Å². The minimum absolute atomic E-state index is 0. The van der Waals surface area contributed by atoms with Gasteiger partial charge in [0.15, 0.2) is 5.82 Å². The highest BCUT2D eigenvalue weighted by molar-refractivity contribution is 6.30. The van der Waals surface area contributed by atoms with Gasteiger partial charge in [-0.25, -0.2) is 0 Å². The van der Waals surface area contributed by atoms with Crippen molar-refractivity contribution in [2.24, 2.45) is 0 Å². The predicted molar refractivity (Wildman–Crippen MR) is 87.4 cm³/mol. The molecule has 1 aromatic carbocycles. The minimum atomic E-state index is -0.335. The monoisotopic (exact) mass is 329 g/mol. The van der Waals surface area contributed by atoms with Crippen LogP contribution in [0, 0.1) is 0 Å². The minimum Gasteiger partial charge on any atom is -0.338 e. The fraction of sp³-hybridized carbons (Fsp3) is 0.467. The summed E-state index contributed by atoms with van der Waals surface area (Å²) in [5.74, 6) is 1.35. The Labute approximate surface area is 136 Å². The highest BCUT2D eigenvalue weighted by Gasteiger charge is 2.29. The summed E-state index contributed by atoms with van der Waals surface area (Å²) < 4.78 is 5.44. The van der Waals surface area contributed by atoms with Crippen molar-refractivity contribution in [3.8, 4) is 0 Å². The van der Waals surface area contributed by atoms with Gasteiger partial charge in [0, 0.05) is 17.5 Å². The average molecular weight is 330 g/mol. The summed E-state index contributed by atoms with van der Waals surface area (Å²) in [7, 11) is 1.92. The van der Waals surface area contributed by atoms with Gasteiger partial charge in [-0.15, -0.1) is 12.4 Å². The second-order valence-electron chi connectivity index (χ2n) is 5.54. The van der Waals surface area contributed by atoms with Crippen molar-refractivity contribution in [1.82, 2.24) is 15.5 Å². The Bertz CT molecular complexity index is 567. The number of benzene rings is 1. The molecule has 0 fully saturated rings. The first-order valence-electron chi connectivity index (χ1n) is 6.70. The summed E-state index contributed by atoms with van der Waals surface area (Å²) in [6.45, 7) is 6.21.